The molecule has 0 heterocycles. The number of allylic oxidation sites excluding steroid dienone is 6. The molecule has 0 spiro atoms. The fourth-order valence-electron chi connectivity index (χ4n) is 1.51. The summed E-state index contributed by atoms with van der Waals surface area (Å²) in [7, 11) is 0. The molecule has 0 aromatic heterocycles. The molecule has 0 aromatic carbocycles. The number of esters is 2. The average Bonchev–Trinajstić information content (AvgIpc) is 2.58. The number of carbonyl (C=O) groups is 2. The number of hydrogen-bond acceptors (Lipinski definition) is 4. The van der Waals surface area contributed by atoms with Gasteiger partial charge in [-0.05, 0) is 25.0 Å². The van der Waals surface area contributed by atoms with Gasteiger partial charge in [0.15, 0.2) is 0 Å². The highest BCUT2D eigenvalue weighted by atomic mass is 16.5. The molecule has 0 aliphatic rings. The number of ether oxygens (including phenoxy) is 2. The molecule has 0 N–H and O–H groups in total. The summed E-state index contributed by atoms with van der Waals surface area (Å²) in [4.78, 5) is 22.7. The second-order valence-corrected chi connectivity index (χ2v) is 5.00. The molecule has 4 heteroatoms. The molecule has 0 amide bonds. The maximum absolute atomic E-state index is 11.3. The van der Waals surface area contributed by atoms with E-state index in [1.165, 1.54) is 12.5 Å². The first kappa shape index (κ1) is 21.6. The van der Waals surface area contributed by atoms with Crippen LogP contribution in [0.3, 0.4) is 0 Å². The Labute approximate surface area is 145 Å². The highest BCUT2D eigenvalue weighted by molar-refractivity contribution is 5.92. The van der Waals surface area contributed by atoms with Gasteiger partial charge in [0.25, 0.3) is 0 Å². The van der Waals surface area contributed by atoms with E-state index in [2.05, 4.69) is 13.8 Å². The van der Waals surface area contributed by atoms with Crippen molar-refractivity contribution >= 4 is 11.9 Å². The van der Waals surface area contributed by atoms with Gasteiger partial charge in [0, 0.05) is 12.2 Å². The van der Waals surface area contributed by atoms with Crippen LogP contribution in [0.25, 0.3) is 0 Å². The molecule has 0 saturated heterocycles. The zero-order chi connectivity index (χ0) is 17.9. The van der Waals surface area contributed by atoms with E-state index in [9.17, 15) is 9.59 Å². The average molecular weight is 332 g/mol. The Bertz CT molecular complexity index is 438. The third-order valence-electron chi connectivity index (χ3n) is 2.82. The molecule has 24 heavy (non-hydrogen) atoms. The van der Waals surface area contributed by atoms with Crippen molar-refractivity contribution < 1.29 is 19.1 Å². The number of rotatable bonds is 12. The summed E-state index contributed by atoms with van der Waals surface area (Å²) in [6.45, 7) is 4.26. The maximum Gasteiger partial charge on any atom is 0.335 e. The number of hydrogen-bond donors (Lipinski definition) is 0. The summed E-state index contributed by atoms with van der Waals surface area (Å²) in [6, 6.07) is 0. The van der Waals surface area contributed by atoms with E-state index in [1.54, 1.807) is 12.2 Å². The predicted molar refractivity (Wildman–Crippen MR) is 96.9 cm³/mol. The van der Waals surface area contributed by atoms with E-state index in [0.29, 0.717) is 0 Å². The molecule has 0 bridgehead atoms. The fourth-order valence-corrected chi connectivity index (χ4v) is 1.51. The van der Waals surface area contributed by atoms with Crippen LogP contribution in [-0.2, 0) is 19.1 Å². The van der Waals surface area contributed by atoms with Crippen molar-refractivity contribution in [3.8, 4) is 0 Å². The van der Waals surface area contributed by atoms with Crippen molar-refractivity contribution in [2.75, 3.05) is 0 Å². The van der Waals surface area contributed by atoms with E-state index < -0.39 is 11.9 Å². The van der Waals surface area contributed by atoms with E-state index in [-0.39, 0.29) is 0 Å². The van der Waals surface area contributed by atoms with Crippen LogP contribution in [0.4, 0.5) is 0 Å². The smallest absolute Gasteiger partial charge is 0.335 e. The molecule has 0 saturated carbocycles. The van der Waals surface area contributed by atoms with Crippen LogP contribution in [0, 0.1) is 0 Å². The van der Waals surface area contributed by atoms with Crippen LogP contribution in [-0.4, -0.2) is 11.9 Å². The standard InChI is InChI=1S/C20H28O4/c1-3-5-7-9-11-13-17-23-19(21)15-16-20(22)24-18-14-12-10-8-6-4-2/h9-18H,3-8H2,1-2H3/b11-9?,12-10?,16-15-,17-13?,18-14?. The molecule has 132 valence electrons. The molecule has 0 aromatic rings. The van der Waals surface area contributed by atoms with Crippen LogP contribution in [0.15, 0.2) is 61.1 Å². The summed E-state index contributed by atoms with van der Waals surface area (Å²) in [6.07, 6.45) is 22.1. The normalized spacial score (nSPS) is 12.2. The highest BCUT2D eigenvalue weighted by Crippen LogP contribution is 1.96. The zero-order valence-electron chi connectivity index (χ0n) is 14.6. The van der Waals surface area contributed by atoms with Gasteiger partial charge in [-0.2, -0.15) is 0 Å². The largest absolute Gasteiger partial charge is 0.431 e. The molecule has 4 nitrogen and oxygen atoms in total. The van der Waals surface area contributed by atoms with Gasteiger partial charge in [-0.25, -0.2) is 9.59 Å². The van der Waals surface area contributed by atoms with Crippen molar-refractivity contribution in [3.05, 3.63) is 61.1 Å². The fraction of sp³-hybridized carbons (Fsp3) is 0.400. The quantitative estimate of drug-likeness (QED) is 0.163. The lowest BCUT2D eigenvalue weighted by molar-refractivity contribution is -0.135. The predicted octanol–water partition coefficient (Wildman–Crippen LogP) is 5.15. The van der Waals surface area contributed by atoms with Crippen LogP contribution in [0.1, 0.15) is 52.4 Å². The summed E-state index contributed by atoms with van der Waals surface area (Å²) in [5, 5.41) is 0. The van der Waals surface area contributed by atoms with Crippen LogP contribution in [0.2, 0.25) is 0 Å². The highest BCUT2D eigenvalue weighted by Gasteiger charge is 1.97. The molecule has 0 fully saturated rings. The van der Waals surface area contributed by atoms with Gasteiger partial charge in [-0.15, -0.1) is 0 Å². The van der Waals surface area contributed by atoms with Crippen LogP contribution in [0.5, 0.6) is 0 Å². The van der Waals surface area contributed by atoms with E-state index in [4.69, 9.17) is 9.47 Å². The molecule has 0 aliphatic heterocycles. The van der Waals surface area contributed by atoms with Crippen molar-refractivity contribution in [2.45, 2.75) is 52.4 Å². The van der Waals surface area contributed by atoms with Gasteiger partial charge in [0.2, 0.25) is 0 Å². The minimum atomic E-state index is -0.631. The first-order chi connectivity index (χ1) is 11.7. The minimum Gasteiger partial charge on any atom is -0.431 e. The van der Waals surface area contributed by atoms with Crippen molar-refractivity contribution in [1.29, 1.82) is 0 Å². The Balaban J connectivity index is 3.90. The van der Waals surface area contributed by atoms with Gasteiger partial charge < -0.3 is 9.47 Å². The number of carbonyl (C=O) groups excluding carboxylic acids is 2. The van der Waals surface area contributed by atoms with Gasteiger partial charge in [0.05, 0.1) is 12.5 Å². The SMILES string of the molecule is CCCCC=CC=COC(=O)/C=C\C(=O)OC=CC=CCCCC. The van der Waals surface area contributed by atoms with Gasteiger partial charge in [-0.3, -0.25) is 0 Å². The third kappa shape index (κ3) is 16.0. The summed E-state index contributed by atoms with van der Waals surface area (Å²) >= 11 is 0. The Kier molecular flexibility index (Phi) is 15.3. The molecule has 0 rings (SSSR count). The Morgan fingerprint density at radius 2 is 1.12 bits per heavy atom. The van der Waals surface area contributed by atoms with Gasteiger partial charge in [-0.1, -0.05) is 63.8 Å². The Morgan fingerprint density at radius 1 is 0.708 bits per heavy atom. The van der Waals surface area contributed by atoms with Gasteiger partial charge >= 0.3 is 11.9 Å². The second kappa shape index (κ2) is 17.0. The molecular formula is C20H28O4. The van der Waals surface area contributed by atoms with E-state index in [0.717, 1.165) is 50.7 Å². The summed E-state index contributed by atoms with van der Waals surface area (Å²) < 4.78 is 9.57. The van der Waals surface area contributed by atoms with Crippen LogP contribution >= 0.6 is 0 Å². The van der Waals surface area contributed by atoms with Crippen molar-refractivity contribution in [2.24, 2.45) is 0 Å². The van der Waals surface area contributed by atoms with Crippen molar-refractivity contribution in [3.63, 3.8) is 0 Å². The molecule has 0 radical (unpaired) electrons. The number of unbranched alkanes of at least 4 members (excludes halogenated alkanes) is 4. The van der Waals surface area contributed by atoms with Crippen LogP contribution < -0.4 is 0 Å². The Hall–Kier alpha value is -2.36. The lowest BCUT2D eigenvalue weighted by Crippen LogP contribution is -1.98. The second-order valence-electron chi connectivity index (χ2n) is 5.00. The maximum atomic E-state index is 11.3. The topological polar surface area (TPSA) is 52.6 Å². The zero-order valence-corrected chi connectivity index (χ0v) is 14.6. The Morgan fingerprint density at radius 3 is 1.50 bits per heavy atom. The van der Waals surface area contributed by atoms with E-state index in [1.807, 2.05) is 24.3 Å². The van der Waals surface area contributed by atoms with Crippen molar-refractivity contribution in [1.82, 2.24) is 0 Å². The molecule has 0 atom stereocenters. The monoisotopic (exact) mass is 332 g/mol. The lowest BCUT2D eigenvalue weighted by Gasteiger charge is -1.93. The minimum absolute atomic E-state index is 0.631. The van der Waals surface area contributed by atoms with Gasteiger partial charge in [0.1, 0.15) is 0 Å². The lowest BCUT2D eigenvalue weighted by atomic mass is 10.2. The summed E-state index contributed by atoms with van der Waals surface area (Å²) in [5.74, 6) is -1.26. The molecule has 0 aliphatic carbocycles. The molecular weight excluding hydrogens is 304 g/mol. The first-order valence-corrected chi connectivity index (χ1v) is 8.43. The third-order valence-corrected chi connectivity index (χ3v) is 2.82. The van der Waals surface area contributed by atoms with E-state index >= 15 is 0 Å². The summed E-state index contributed by atoms with van der Waals surface area (Å²) in [5.41, 5.74) is 0. The molecule has 0 unspecified atom stereocenters. The first-order valence-electron chi connectivity index (χ1n) is 8.43.